The minimum Gasteiger partial charge on any atom is -0.480 e. The van der Waals surface area contributed by atoms with Crippen LogP contribution in [-0.2, 0) is 20.8 Å². The molecule has 0 radical (unpaired) electrons. The zero-order valence-corrected chi connectivity index (χ0v) is 16.2. The molecule has 1 aliphatic rings. The number of aliphatic hydroxyl groups is 1. The van der Waals surface area contributed by atoms with Crippen LogP contribution in [0.1, 0.15) is 25.3 Å². The summed E-state index contributed by atoms with van der Waals surface area (Å²) in [4.78, 5) is 41.3. The predicted octanol–water partition coefficient (Wildman–Crippen LogP) is -0.0211. The van der Waals surface area contributed by atoms with Gasteiger partial charge in [0.15, 0.2) is 6.04 Å². The van der Waals surface area contributed by atoms with Crippen LogP contribution in [0.4, 0.5) is 0 Å². The van der Waals surface area contributed by atoms with Crippen LogP contribution in [0.25, 0.3) is 10.9 Å². The molecule has 0 spiro atoms. The lowest BCUT2D eigenvalue weighted by Gasteiger charge is -2.28. The van der Waals surface area contributed by atoms with Crippen LogP contribution in [0, 0.1) is 0 Å². The summed E-state index contributed by atoms with van der Waals surface area (Å²) in [5.74, 6) is -2.28. The summed E-state index contributed by atoms with van der Waals surface area (Å²) in [6.45, 7) is 1.67. The van der Waals surface area contributed by atoms with Gasteiger partial charge in [-0.15, -0.1) is 0 Å². The third-order valence-corrected chi connectivity index (χ3v) is 5.32. The summed E-state index contributed by atoms with van der Waals surface area (Å²) in [5, 5.41) is 22.0. The SMILES string of the molecule is C[C@@H](O)[C@H](NC(=O)[C@@H]1CCCN1C(=O)[C@@H](N)Cc1c[nH]c2ccccc12)C(=O)O. The number of hydrogen-bond acceptors (Lipinski definition) is 5. The van der Waals surface area contributed by atoms with Crippen molar-refractivity contribution in [3.63, 3.8) is 0 Å². The van der Waals surface area contributed by atoms with E-state index in [1.165, 1.54) is 11.8 Å². The topological polar surface area (TPSA) is 149 Å². The maximum Gasteiger partial charge on any atom is 0.328 e. The molecule has 2 aromatic rings. The molecule has 0 saturated carbocycles. The Kier molecular flexibility index (Phi) is 6.19. The van der Waals surface area contributed by atoms with Crippen LogP contribution in [0.15, 0.2) is 30.5 Å². The first-order valence-corrected chi connectivity index (χ1v) is 9.62. The lowest BCUT2D eigenvalue weighted by molar-refractivity contribution is -0.146. The number of likely N-dealkylation sites (tertiary alicyclic amines) is 1. The van der Waals surface area contributed by atoms with Crippen molar-refractivity contribution in [2.45, 2.75) is 50.4 Å². The van der Waals surface area contributed by atoms with Crippen molar-refractivity contribution < 1.29 is 24.6 Å². The number of carbonyl (C=O) groups is 3. The number of rotatable bonds is 7. The highest BCUT2D eigenvalue weighted by molar-refractivity contribution is 5.93. The number of fused-ring (bicyclic) bond motifs is 1. The van der Waals surface area contributed by atoms with Gasteiger partial charge in [0.25, 0.3) is 0 Å². The first kappa shape index (κ1) is 20.8. The maximum absolute atomic E-state index is 12.9. The Bertz CT molecular complexity index is 909. The van der Waals surface area contributed by atoms with E-state index in [1.54, 1.807) is 0 Å². The summed E-state index contributed by atoms with van der Waals surface area (Å²) in [5.41, 5.74) is 8.04. The Balaban J connectivity index is 1.68. The van der Waals surface area contributed by atoms with Crippen molar-refractivity contribution in [1.29, 1.82) is 0 Å². The number of aromatic nitrogens is 1. The van der Waals surface area contributed by atoms with Crippen LogP contribution in [0.5, 0.6) is 0 Å². The fourth-order valence-electron chi connectivity index (χ4n) is 3.78. The second-order valence-corrected chi connectivity index (χ2v) is 7.42. The van der Waals surface area contributed by atoms with Crippen molar-refractivity contribution in [2.24, 2.45) is 5.73 Å². The average Bonchev–Trinajstić information content (AvgIpc) is 3.32. The van der Waals surface area contributed by atoms with Gasteiger partial charge < -0.3 is 31.1 Å². The van der Waals surface area contributed by atoms with Crippen molar-refractivity contribution in [3.05, 3.63) is 36.0 Å². The van der Waals surface area contributed by atoms with E-state index in [0.29, 0.717) is 25.8 Å². The van der Waals surface area contributed by atoms with E-state index in [1.807, 2.05) is 30.5 Å². The number of H-pyrrole nitrogens is 1. The third kappa shape index (κ3) is 4.41. The summed E-state index contributed by atoms with van der Waals surface area (Å²) >= 11 is 0. The number of amides is 2. The molecule has 0 aliphatic carbocycles. The number of aliphatic carboxylic acids is 1. The number of hydrogen-bond donors (Lipinski definition) is 5. The molecule has 4 atom stereocenters. The maximum atomic E-state index is 12.9. The van der Waals surface area contributed by atoms with E-state index >= 15 is 0 Å². The van der Waals surface area contributed by atoms with Crippen LogP contribution in [0.3, 0.4) is 0 Å². The van der Waals surface area contributed by atoms with Gasteiger partial charge in [-0.3, -0.25) is 9.59 Å². The number of carbonyl (C=O) groups excluding carboxylic acids is 2. The summed E-state index contributed by atoms with van der Waals surface area (Å²) < 4.78 is 0. The van der Waals surface area contributed by atoms with Gasteiger partial charge in [0, 0.05) is 23.6 Å². The zero-order valence-electron chi connectivity index (χ0n) is 16.2. The van der Waals surface area contributed by atoms with E-state index in [4.69, 9.17) is 10.8 Å². The molecule has 2 heterocycles. The predicted molar refractivity (Wildman–Crippen MR) is 106 cm³/mol. The highest BCUT2D eigenvalue weighted by Gasteiger charge is 2.38. The minimum atomic E-state index is -1.43. The molecule has 156 valence electrons. The Morgan fingerprint density at radius 1 is 1.34 bits per heavy atom. The lowest BCUT2D eigenvalue weighted by Crippen LogP contribution is -2.56. The number of carboxylic acid groups (broad SMARTS) is 1. The Morgan fingerprint density at radius 2 is 2.07 bits per heavy atom. The molecule has 0 unspecified atom stereocenters. The van der Waals surface area contributed by atoms with Gasteiger partial charge in [0.2, 0.25) is 11.8 Å². The molecule has 1 aromatic carbocycles. The van der Waals surface area contributed by atoms with Crippen molar-refractivity contribution in [1.82, 2.24) is 15.2 Å². The van der Waals surface area contributed by atoms with Crippen LogP contribution < -0.4 is 11.1 Å². The molecule has 3 rings (SSSR count). The number of nitrogens with zero attached hydrogens (tertiary/aromatic N) is 1. The zero-order chi connectivity index (χ0) is 21.1. The van der Waals surface area contributed by atoms with Crippen LogP contribution in [-0.4, -0.2) is 68.7 Å². The van der Waals surface area contributed by atoms with Gasteiger partial charge >= 0.3 is 5.97 Å². The molecule has 1 aliphatic heterocycles. The largest absolute Gasteiger partial charge is 0.480 e. The standard InChI is InChI=1S/C20H26N4O5/c1-11(25)17(20(28)29)23-18(26)16-7-4-8-24(16)19(27)14(21)9-12-10-22-15-6-3-2-5-13(12)15/h2-3,5-6,10-11,14,16-17,22,25H,4,7-9,21H2,1H3,(H,23,26)(H,28,29)/t11-,14+,16+,17+/m1/s1. The molecule has 9 nitrogen and oxygen atoms in total. The van der Waals surface area contributed by atoms with Crippen LogP contribution in [0.2, 0.25) is 0 Å². The first-order chi connectivity index (χ1) is 13.8. The Labute approximate surface area is 167 Å². The molecular formula is C20H26N4O5. The van der Waals surface area contributed by atoms with Gasteiger partial charge in [-0.25, -0.2) is 4.79 Å². The number of nitrogens with one attached hydrogen (secondary N) is 2. The number of carboxylic acids is 1. The smallest absolute Gasteiger partial charge is 0.328 e. The number of benzene rings is 1. The molecule has 29 heavy (non-hydrogen) atoms. The Hall–Kier alpha value is -2.91. The summed E-state index contributed by atoms with van der Waals surface area (Å²) in [6, 6.07) is 4.67. The average molecular weight is 402 g/mol. The lowest BCUT2D eigenvalue weighted by atomic mass is 10.0. The van der Waals surface area contributed by atoms with E-state index in [0.717, 1.165) is 16.5 Å². The molecule has 1 aromatic heterocycles. The van der Waals surface area contributed by atoms with E-state index in [9.17, 15) is 19.5 Å². The minimum absolute atomic E-state index is 0.319. The first-order valence-electron chi connectivity index (χ1n) is 9.62. The van der Waals surface area contributed by atoms with Crippen LogP contribution >= 0.6 is 0 Å². The summed E-state index contributed by atoms with van der Waals surface area (Å²) in [6.07, 6.45) is 1.93. The molecule has 0 bridgehead atoms. The second-order valence-electron chi connectivity index (χ2n) is 7.42. The summed E-state index contributed by atoms with van der Waals surface area (Å²) in [7, 11) is 0. The monoisotopic (exact) mass is 402 g/mol. The van der Waals surface area contributed by atoms with E-state index < -0.39 is 36.1 Å². The number of nitrogens with two attached hydrogens (primary N) is 1. The highest BCUT2D eigenvalue weighted by Crippen LogP contribution is 2.22. The third-order valence-electron chi connectivity index (χ3n) is 5.32. The molecule has 1 fully saturated rings. The molecule has 9 heteroatoms. The van der Waals surface area contributed by atoms with Crippen molar-refractivity contribution in [2.75, 3.05) is 6.54 Å². The van der Waals surface area contributed by atoms with Crippen molar-refractivity contribution >= 4 is 28.7 Å². The van der Waals surface area contributed by atoms with Gasteiger partial charge in [-0.05, 0) is 37.8 Å². The number of aliphatic hydroxyl groups excluding tert-OH is 1. The van der Waals surface area contributed by atoms with Gasteiger partial charge in [-0.1, -0.05) is 18.2 Å². The Morgan fingerprint density at radius 3 is 2.76 bits per heavy atom. The van der Waals surface area contributed by atoms with E-state index in [2.05, 4.69) is 10.3 Å². The quantitative estimate of drug-likeness (QED) is 0.439. The van der Waals surface area contributed by atoms with Gasteiger partial charge in [0.05, 0.1) is 12.1 Å². The van der Waals surface area contributed by atoms with Crippen molar-refractivity contribution in [3.8, 4) is 0 Å². The molecule has 2 amide bonds. The van der Waals surface area contributed by atoms with Gasteiger partial charge in [0.1, 0.15) is 6.04 Å². The number of para-hydroxylation sites is 1. The fourth-order valence-corrected chi connectivity index (χ4v) is 3.78. The highest BCUT2D eigenvalue weighted by atomic mass is 16.4. The molecule has 6 N–H and O–H groups in total. The number of aromatic amines is 1. The normalized spacial score (nSPS) is 19.7. The second kappa shape index (κ2) is 8.62. The fraction of sp³-hybridized carbons (Fsp3) is 0.450. The van der Waals surface area contributed by atoms with Gasteiger partial charge in [-0.2, -0.15) is 0 Å². The molecular weight excluding hydrogens is 376 g/mol. The van der Waals surface area contributed by atoms with E-state index in [-0.39, 0.29) is 5.91 Å². The molecule has 1 saturated heterocycles.